The highest BCUT2D eigenvalue weighted by atomic mass is 35.5. The average molecular weight is 497 g/mol. The smallest absolute Gasteiger partial charge is 0.328 e. The molecule has 170 valence electrons. The summed E-state index contributed by atoms with van der Waals surface area (Å²) >= 11 is 11.8. The summed E-state index contributed by atoms with van der Waals surface area (Å²) in [5.74, 6) is -0.114. The molecule has 0 N–H and O–H groups in total. The van der Waals surface area contributed by atoms with Crippen LogP contribution in [-0.2, 0) is 28.4 Å². The van der Waals surface area contributed by atoms with Gasteiger partial charge in [-0.05, 0) is 30.3 Å². The fraction of sp³-hybridized carbons (Fsp3) is 0.333. The van der Waals surface area contributed by atoms with E-state index in [0.29, 0.717) is 0 Å². The van der Waals surface area contributed by atoms with Gasteiger partial charge in [0.15, 0.2) is 0 Å². The molecule has 2 heterocycles. The Hall–Kier alpha value is -2.33. The highest BCUT2D eigenvalue weighted by Crippen LogP contribution is 2.27. The van der Waals surface area contributed by atoms with Crippen LogP contribution in [0.1, 0.15) is 6.42 Å². The standard InChI is InChI=1S/C21H22Cl2N4O4S/c1-24-18-4-2-3-5-19(18)27(21(24)29)9-8-20(28)25-10-12-26(13-11-25)32(30,31)15-6-7-16(22)17(23)14-15/h2-7,14H,8-13H2,1H3. The Morgan fingerprint density at radius 2 is 1.62 bits per heavy atom. The summed E-state index contributed by atoms with van der Waals surface area (Å²) in [6.45, 7) is 1.19. The van der Waals surface area contributed by atoms with E-state index in [0.717, 1.165) is 11.0 Å². The van der Waals surface area contributed by atoms with E-state index in [1.807, 2.05) is 24.3 Å². The molecule has 1 aliphatic rings. The highest BCUT2D eigenvalue weighted by Gasteiger charge is 2.30. The molecule has 1 aromatic heterocycles. The Kier molecular flexibility index (Phi) is 6.35. The van der Waals surface area contributed by atoms with E-state index in [4.69, 9.17) is 23.2 Å². The Morgan fingerprint density at radius 3 is 2.28 bits per heavy atom. The zero-order valence-electron chi connectivity index (χ0n) is 17.4. The van der Waals surface area contributed by atoms with Gasteiger partial charge in [-0.15, -0.1) is 0 Å². The summed E-state index contributed by atoms with van der Waals surface area (Å²) in [4.78, 5) is 27.0. The van der Waals surface area contributed by atoms with Gasteiger partial charge in [0.2, 0.25) is 15.9 Å². The van der Waals surface area contributed by atoms with Gasteiger partial charge >= 0.3 is 5.69 Å². The van der Waals surface area contributed by atoms with Gasteiger partial charge in [-0.3, -0.25) is 13.9 Å². The molecule has 1 fully saturated rings. The molecule has 0 spiro atoms. The normalized spacial score (nSPS) is 15.4. The van der Waals surface area contributed by atoms with E-state index >= 15 is 0 Å². The third-order valence-corrected chi connectivity index (χ3v) is 8.35. The van der Waals surface area contributed by atoms with Crippen molar-refractivity contribution in [3.63, 3.8) is 0 Å². The van der Waals surface area contributed by atoms with Crippen LogP contribution >= 0.6 is 23.2 Å². The summed E-state index contributed by atoms with van der Waals surface area (Å²) in [5.41, 5.74) is 1.42. The molecule has 1 saturated heterocycles. The zero-order valence-corrected chi connectivity index (χ0v) is 19.7. The average Bonchev–Trinajstić information content (AvgIpc) is 3.04. The minimum Gasteiger partial charge on any atom is -0.340 e. The first-order chi connectivity index (χ1) is 15.2. The third-order valence-electron chi connectivity index (χ3n) is 5.72. The summed E-state index contributed by atoms with van der Waals surface area (Å²) < 4.78 is 30.3. The number of sulfonamides is 1. The van der Waals surface area contributed by atoms with E-state index in [9.17, 15) is 18.0 Å². The van der Waals surface area contributed by atoms with Crippen molar-refractivity contribution < 1.29 is 13.2 Å². The lowest BCUT2D eigenvalue weighted by Crippen LogP contribution is -2.50. The molecule has 2 aromatic carbocycles. The Labute approximate surface area is 195 Å². The van der Waals surface area contributed by atoms with Crippen LogP contribution in [0.2, 0.25) is 10.0 Å². The second-order valence-corrected chi connectivity index (χ2v) is 10.3. The molecule has 32 heavy (non-hydrogen) atoms. The van der Waals surface area contributed by atoms with Crippen LogP contribution in [0.25, 0.3) is 11.0 Å². The van der Waals surface area contributed by atoms with E-state index < -0.39 is 10.0 Å². The molecule has 4 rings (SSSR count). The summed E-state index contributed by atoms with van der Waals surface area (Å²) in [7, 11) is -2.02. The largest absolute Gasteiger partial charge is 0.340 e. The lowest BCUT2D eigenvalue weighted by atomic mass is 10.3. The van der Waals surface area contributed by atoms with Gasteiger partial charge in [-0.1, -0.05) is 35.3 Å². The SMILES string of the molecule is Cn1c(=O)n(CCC(=O)N2CCN(S(=O)(=O)c3ccc(Cl)c(Cl)c3)CC2)c2ccccc21. The van der Waals surface area contributed by atoms with Crippen molar-refractivity contribution >= 4 is 50.2 Å². The highest BCUT2D eigenvalue weighted by molar-refractivity contribution is 7.89. The Bertz CT molecular complexity index is 1340. The molecule has 11 heteroatoms. The predicted molar refractivity (Wildman–Crippen MR) is 124 cm³/mol. The van der Waals surface area contributed by atoms with Crippen molar-refractivity contribution in [2.45, 2.75) is 17.9 Å². The van der Waals surface area contributed by atoms with Gasteiger partial charge in [-0.2, -0.15) is 4.31 Å². The molecular weight excluding hydrogens is 475 g/mol. The summed E-state index contributed by atoms with van der Waals surface area (Å²) in [5, 5.41) is 0.455. The molecule has 0 radical (unpaired) electrons. The van der Waals surface area contributed by atoms with E-state index in [-0.39, 0.29) is 65.7 Å². The van der Waals surface area contributed by atoms with Crippen molar-refractivity contribution in [3.05, 3.63) is 63.0 Å². The van der Waals surface area contributed by atoms with E-state index in [2.05, 4.69) is 0 Å². The van der Waals surface area contributed by atoms with Crippen molar-refractivity contribution in [3.8, 4) is 0 Å². The summed E-state index contributed by atoms with van der Waals surface area (Å²) in [6, 6.07) is 11.6. The predicted octanol–water partition coefficient (Wildman–Crippen LogP) is 2.57. The van der Waals surface area contributed by atoms with Gasteiger partial charge in [0.25, 0.3) is 0 Å². The third kappa shape index (κ3) is 4.17. The number of aryl methyl sites for hydroxylation is 2. The number of amides is 1. The maximum absolute atomic E-state index is 12.9. The van der Waals surface area contributed by atoms with Gasteiger partial charge in [0, 0.05) is 46.2 Å². The van der Waals surface area contributed by atoms with Crippen molar-refractivity contribution in [1.82, 2.24) is 18.3 Å². The zero-order chi connectivity index (χ0) is 23.0. The van der Waals surface area contributed by atoms with Gasteiger partial charge in [0.05, 0.1) is 26.0 Å². The van der Waals surface area contributed by atoms with Gasteiger partial charge in [-0.25, -0.2) is 13.2 Å². The second-order valence-electron chi connectivity index (χ2n) is 7.59. The van der Waals surface area contributed by atoms with E-state index in [1.54, 1.807) is 21.1 Å². The number of imidazole rings is 1. The number of fused-ring (bicyclic) bond motifs is 1. The van der Waals surface area contributed by atoms with Crippen LogP contribution in [-0.4, -0.2) is 58.8 Å². The number of benzene rings is 2. The molecule has 1 amide bonds. The molecule has 0 unspecified atom stereocenters. The molecular formula is C21H22Cl2N4O4S. The number of piperazine rings is 1. The fourth-order valence-electron chi connectivity index (χ4n) is 3.91. The van der Waals surface area contributed by atoms with Crippen molar-refractivity contribution in [2.75, 3.05) is 26.2 Å². The first kappa shape index (κ1) is 22.8. The lowest BCUT2D eigenvalue weighted by molar-refractivity contribution is -0.132. The second kappa shape index (κ2) is 8.90. The number of carbonyl (C=O) groups excluding carboxylic acids is 1. The maximum atomic E-state index is 12.9. The monoisotopic (exact) mass is 496 g/mol. The number of carbonyl (C=O) groups is 1. The van der Waals surface area contributed by atoms with Crippen LogP contribution in [0.3, 0.4) is 0 Å². The number of hydrogen-bond acceptors (Lipinski definition) is 4. The van der Waals surface area contributed by atoms with Crippen LogP contribution in [0.5, 0.6) is 0 Å². The molecule has 3 aromatic rings. The topological polar surface area (TPSA) is 84.6 Å². The molecule has 0 atom stereocenters. The van der Waals surface area contributed by atoms with Gasteiger partial charge in [0.1, 0.15) is 0 Å². The van der Waals surface area contributed by atoms with Crippen LogP contribution in [0, 0.1) is 0 Å². The van der Waals surface area contributed by atoms with Crippen LogP contribution in [0.4, 0.5) is 0 Å². The maximum Gasteiger partial charge on any atom is 0.328 e. The number of hydrogen-bond donors (Lipinski definition) is 0. The first-order valence-electron chi connectivity index (χ1n) is 10.1. The quantitative estimate of drug-likeness (QED) is 0.543. The number of rotatable bonds is 5. The summed E-state index contributed by atoms with van der Waals surface area (Å²) in [6.07, 6.45) is 0.160. The molecule has 1 aliphatic heterocycles. The van der Waals surface area contributed by atoms with E-state index in [1.165, 1.54) is 22.5 Å². The molecule has 0 bridgehead atoms. The minimum atomic E-state index is -3.73. The molecule has 8 nitrogen and oxygen atoms in total. The number of para-hydroxylation sites is 2. The Morgan fingerprint density at radius 1 is 0.969 bits per heavy atom. The van der Waals surface area contributed by atoms with Crippen molar-refractivity contribution in [1.29, 1.82) is 0 Å². The lowest BCUT2D eigenvalue weighted by Gasteiger charge is -2.34. The number of aromatic nitrogens is 2. The van der Waals surface area contributed by atoms with Crippen LogP contribution in [0.15, 0.2) is 52.2 Å². The Balaban J connectivity index is 1.39. The molecule has 0 aliphatic carbocycles. The number of halogens is 2. The fourth-order valence-corrected chi connectivity index (χ4v) is 5.72. The minimum absolute atomic E-state index is 0.0713. The molecule has 0 saturated carbocycles. The van der Waals surface area contributed by atoms with Crippen molar-refractivity contribution in [2.24, 2.45) is 7.05 Å². The van der Waals surface area contributed by atoms with Crippen LogP contribution < -0.4 is 5.69 Å². The number of nitrogens with zero attached hydrogens (tertiary/aromatic N) is 4. The van der Waals surface area contributed by atoms with Gasteiger partial charge < -0.3 is 4.90 Å². The first-order valence-corrected chi connectivity index (χ1v) is 12.3.